The summed E-state index contributed by atoms with van der Waals surface area (Å²) in [6, 6.07) is 7.66. The fourth-order valence-electron chi connectivity index (χ4n) is 2.02. The SMILES string of the molecule is Cc1nnc(NC(C)C(=O)NC(C)C)c2ccccc12. The van der Waals surface area contributed by atoms with E-state index in [1.165, 1.54) is 0 Å². The molecule has 0 aliphatic rings. The fourth-order valence-corrected chi connectivity index (χ4v) is 2.02. The molecular weight excluding hydrogens is 252 g/mol. The third kappa shape index (κ3) is 3.04. The molecule has 5 nitrogen and oxygen atoms in total. The molecule has 0 aliphatic carbocycles. The number of hydrogen-bond donors (Lipinski definition) is 2. The Morgan fingerprint density at radius 2 is 1.75 bits per heavy atom. The normalized spacial score (nSPS) is 12.4. The van der Waals surface area contributed by atoms with Crippen LogP contribution in [0.2, 0.25) is 0 Å². The number of carbonyl (C=O) groups is 1. The van der Waals surface area contributed by atoms with E-state index in [0.29, 0.717) is 5.82 Å². The highest BCUT2D eigenvalue weighted by Crippen LogP contribution is 2.22. The molecule has 20 heavy (non-hydrogen) atoms. The van der Waals surface area contributed by atoms with Gasteiger partial charge in [-0.25, -0.2) is 0 Å². The molecule has 0 bridgehead atoms. The molecule has 0 radical (unpaired) electrons. The smallest absolute Gasteiger partial charge is 0.242 e. The van der Waals surface area contributed by atoms with Crippen molar-refractivity contribution < 1.29 is 4.79 Å². The summed E-state index contributed by atoms with van der Waals surface area (Å²) in [6.45, 7) is 7.61. The number of rotatable bonds is 4. The van der Waals surface area contributed by atoms with Gasteiger partial charge in [-0.2, -0.15) is 5.10 Å². The highest BCUT2D eigenvalue weighted by molar-refractivity contribution is 5.94. The van der Waals surface area contributed by atoms with Gasteiger partial charge >= 0.3 is 0 Å². The van der Waals surface area contributed by atoms with Crippen LogP contribution in [0.25, 0.3) is 10.8 Å². The van der Waals surface area contributed by atoms with Gasteiger partial charge in [0.25, 0.3) is 0 Å². The van der Waals surface area contributed by atoms with Crippen molar-refractivity contribution in [3.63, 3.8) is 0 Å². The van der Waals surface area contributed by atoms with E-state index in [-0.39, 0.29) is 18.0 Å². The van der Waals surface area contributed by atoms with Crippen LogP contribution >= 0.6 is 0 Å². The number of aromatic nitrogens is 2. The number of carbonyl (C=O) groups excluding carboxylic acids is 1. The Hall–Kier alpha value is -2.17. The van der Waals surface area contributed by atoms with Crippen molar-refractivity contribution in [2.75, 3.05) is 5.32 Å². The van der Waals surface area contributed by atoms with Crippen molar-refractivity contribution in [2.24, 2.45) is 0 Å². The van der Waals surface area contributed by atoms with Gasteiger partial charge in [0.05, 0.1) is 5.69 Å². The number of anilines is 1. The maximum absolute atomic E-state index is 11.9. The van der Waals surface area contributed by atoms with Crippen LogP contribution < -0.4 is 10.6 Å². The summed E-state index contributed by atoms with van der Waals surface area (Å²) in [4.78, 5) is 11.9. The van der Waals surface area contributed by atoms with E-state index in [0.717, 1.165) is 16.5 Å². The average Bonchev–Trinajstić information content (AvgIpc) is 2.41. The van der Waals surface area contributed by atoms with E-state index < -0.39 is 0 Å². The standard InChI is InChI=1S/C15H20N4O/c1-9(2)16-15(20)11(4)17-14-13-8-6-5-7-12(13)10(3)18-19-14/h5-9,11H,1-4H3,(H,16,20)(H,17,19). The first-order chi connectivity index (χ1) is 9.49. The first-order valence-corrected chi connectivity index (χ1v) is 6.78. The number of fused-ring (bicyclic) bond motifs is 1. The van der Waals surface area contributed by atoms with Crippen LogP contribution in [0, 0.1) is 6.92 Å². The highest BCUT2D eigenvalue weighted by atomic mass is 16.2. The summed E-state index contributed by atoms with van der Waals surface area (Å²) in [7, 11) is 0. The predicted octanol–water partition coefficient (Wildman–Crippen LogP) is 2.26. The topological polar surface area (TPSA) is 66.9 Å². The molecule has 5 heteroatoms. The molecule has 0 saturated heterocycles. The van der Waals surface area contributed by atoms with Gasteiger partial charge in [-0.1, -0.05) is 24.3 Å². The first kappa shape index (κ1) is 14.2. The van der Waals surface area contributed by atoms with E-state index in [2.05, 4.69) is 20.8 Å². The number of hydrogen-bond acceptors (Lipinski definition) is 4. The van der Waals surface area contributed by atoms with E-state index in [1.54, 1.807) is 0 Å². The van der Waals surface area contributed by atoms with Crippen molar-refractivity contribution in [1.29, 1.82) is 0 Å². The molecule has 2 rings (SSSR count). The van der Waals surface area contributed by atoms with Crippen LogP contribution in [0.15, 0.2) is 24.3 Å². The summed E-state index contributed by atoms with van der Waals surface area (Å²) >= 11 is 0. The minimum atomic E-state index is -0.363. The molecule has 0 fully saturated rings. The summed E-state index contributed by atoms with van der Waals surface area (Å²) in [5.74, 6) is 0.587. The van der Waals surface area contributed by atoms with Gasteiger partial charge in [-0.05, 0) is 27.7 Å². The molecule has 1 unspecified atom stereocenters. The second-order valence-electron chi connectivity index (χ2n) is 5.21. The molecule has 0 aliphatic heterocycles. The number of nitrogens with zero attached hydrogens (tertiary/aromatic N) is 2. The summed E-state index contributed by atoms with van der Waals surface area (Å²) < 4.78 is 0. The van der Waals surface area contributed by atoms with Crippen LogP contribution in [0.3, 0.4) is 0 Å². The Kier molecular flexibility index (Phi) is 4.17. The molecule has 1 aromatic carbocycles. The molecule has 0 spiro atoms. The average molecular weight is 272 g/mol. The van der Waals surface area contributed by atoms with Crippen molar-refractivity contribution in [1.82, 2.24) is 15.5 Å². The van der Waals surface area contributed by atoms with Gasteiger partial charge in [-0.3, -0.25) is 4.79 Å². The van der Waals surface area contributed by atoms with Crippen molar-refractivity contribution in [3.8, 4) is 0 Å². The van der Waals surface area contributed by atoms with Gasteiger partial charge in [0, 0.05) is 16.8 Å². The molecule has 106 valence electrons. The van der Waals surface area contributed by atoms with E-state index in [1.807, 2.05) is 52.0 Å². The Labute approximate surface area is 118 Å². The maximum atomic E-state index is 11.9. The Morgan fingerprint density at radius 3 is 2.40 bits per heavy atom. The van der Waals surface area contributed by atoms with E-state index >= 15 is 0 Å². The lowest BCUT2D eigenvalue weighted by Gasteiger charge is -2.17. The lowest BCUT2D eigenvalue weighted by molar-refractivity contribution is -0.122. The number of amides is 1. The minimum absolute atomic E-state index is 0.0496. The Bertz CT molecular complexity index is 624. The molecule has 1 aromatic heterocycles. The van der Waals surface area contributed by atoms with Crippen molar-refractivity contribution in [3.05, 3.63) is 30.0 Å². The number of benzene rings is 1. The second-order valence-corrected chi connectivity index (χ2v) is 5.21. The third-order valence-electron chi connectivity index (χ3n) is 3.05. The molecule has 2 N–H and O–H groups in total. The van der Waals surface area contributed by atoms with Crippen LogP contribution in [0.4, 0.5) is 5.82 Å². The van der Waals surface area contributed by atoms with Gasteiger partial charge in [0.15, 0.2) is 5.82 Å². The van der Waals surface area contributed by atoms with Crippen LogP contribution in [-0.2, 0) is 4.79 Å². The van der Waals surface area contributed by atoms with Gasteiger partial charge in [0.1, 0.15) is 6.04 Å². The van der Waals surface area contributed by atoms with Crippen LogP contribution in [0.5, 0.6) is 0 Å². The largest absolute Gasteiger partial charge is 0.357 e. The Balaban J connectivity index is 2.26. The summed E-state index contributed by atoms with van der Waals surface area (Å²) in [5, 5.41) is 16.3. The fraction of sp³-hybridized carbons (Fsp3) is 0.400. The summed E-state index contributed by atoms with van der Waals surface area (Å²) in [6.07, 6.45) is 0. The summed E-state index contributed by atoms with van der Waals surface area (Å²) in [5.41, 5.74) is 0.880. The van der Waals surface area contributed by atoms with E-state index in [4.69, 9.17) is 0 Å². The zero-order valence-corrected chi connectivity index (χ0v) is 12.3. The predicted molar refractivity (Wildman–Crippen MR) is 80.6 cm³/mol. The maximum Gasteiger partial charge on any atom is 0.242 e. The van der Waals surface area contributed by atoms with Crippen LogP contribution in [0.1, 0.15) is 26.5 Å². The number of aryl methyl sites for hydroxylation is 1. The quantitative estimate of drug-likeness (QED) is 0.896. The Morgan fingerprint density at radius 1 is 1.10 bits per heavy atom. The second kappa shape index (κ2) is 5.86. The zero-order chi connectivity index (χ0) is 14.7. The molecule has 1 heterocycles. The highest BCUT2D eigenvalue weighted by Gasteiger charge is 2.15. The lowest BCUT2D eigenvalue weighted by Crippen LogP contribution is -2.41. The van der Waals surface area contributed by atoms with Crippen LogP contribution in [-0.4, -0.2) is 28.2 Å². The van der Waals surface area contributed by atoms with Gasteiger partial charge in [0.2, 0.25) is 5.91 Å². The molecule has 0 saturated carbocycles. The number of nitrogens with one attached hydrogen (secondary N) is 2. The minimum Gasteiger partial charge on any atom is -0.357 e. The first-order valence-electron chi connectivity index (χ1n) is 6.78. The lowest BCUT2D eigenvalue weighted by atomic mass is 10.1. The van der Waals surface area contributed by atoms with E-state index in [9.17, 15) is 4.79 Å². The van der Waals surface area contributed by atoms with Crippen molar-refractivity contribution >= 4 is 22.5 Å². The molecule has 1 atom stereocenters. The zero-order valence-electron chi connectivity index (χ0n) is 12.3. The molecular formula is C15H20N4O. The van der Waals surface area contributed by atoms with Gasteiger partial charge in [-0.15, -0.1) is 5.10 Å². The molecule has 1 amide bonds. The third-order valence-corrected chi connectivity index (χ3v) is 3.05. The van der Waals surface area contributed by atoms with Crippen molar-refractivity contribution in [2.45, 2.75) is 39.8 Å². The monoisotopic (exact) mass is 272 g/mol. The molecule has 2 aromatic rings. The van der Waals surface area contributed by atoms with Gasteiger partial charge < -0.3 is 10.6 Å².